The maximum absolute atomic E-state index is 4.20. The molecule has 108 valence electrons. The monoisotopic (exact) mass is 315 g/mol. The Kier molecular flexibility index (Phi) is 4.31. The lowest BCUT2D eigenvalue weighted by atomic mass is 10.0. The molecule has 0 aliphatic rings. The number of hydrogen-bond donors (Lipinski definition) is 1. The van der Waals surface area contributed by atoms with Gasteiger partial charge in [-0.3, -0.25) is 0 Å². The first-order valence-corrected chi connectivity index (χ1v) is 8.56. The lowest BCUT2D eigenvalue weighted by molar-refractivity contribution is 0.781. The highest BCUT2D eigenvalue weighted by Gasteiger charge is 2.17. The molecule has 0 fully saturated rings. The Morgan fingerprint density at radius 3 is 2.52 bits per heavy atom. The highest BCUT2D eigenvalue weighted by atomic mass is 32.1. The molecule has 1 aromatic carbocycles. The van der Waals surface area contributed by atoms with E-state index in [9.17, 15) is 0 Å². The van der Waals surface area contributed by atoms with Crippen molar-refractivity contribution in [3.63, 3.8) is 0 Å². The second-order valence-electron chi connectivity index (χ2n) is 4.98. The van der Waals surface area contributed by atoms with E-state index in [1.165, 1.54) is 16.0 Å². The van der Waals surface area contributed by atoms with Crippen molar-refractivity contribution in [3.05, 3.63) is 62.8 Å². The van der Waals surface area contributed by atoms with Crippen LogP contribution in [0.4, 0.5) is 5.13 Å². The van der Waals surface area contributed by atoms with Gasteiger partial charge in [0.1, 0.15) is 5.01 Å². The second-order valence-corrected chi connectivity index (χ2v) is 7.11. The third-order valence-corrected chi connectivity index (χ3v) is 5.23. The molecule has 2 aromatic heterocycles. The average molecular weight is 315 g/mol. The maximum Gasteiger partial charge on any atom is 0.206 e. The molecule has 0 amide bonds. The summed E-state index contributed by atoms with van der Waals surface area (Å²) in [5.74, 6) is 0. The molecule has 2 heterocycles. The Morgan fingerprint density at radius 2 is 1.90 bits per heavy atom. The molecule has 0 spiro atoms. The van der Waals surface area contributed by atoms with Crippen LogP contribution >= 0.6 is 22.7 Å². The number of hydrogen-bond acceptors (Lipinski definition) is 5. The van der Waals surface area contributed by atoms with E-state index in [0.29, 0.717) is 0 Å². The van der Waals surface area contributed by atoms with Crippen LogP contribution in [0.5, 0.6) is 0 Å². The van der Waals surface area contributed by atoms with Gasteiger partial charge >= 0.3 is 0 Å². The van der Waals surface area contributed by atoms with Crippen molar-refractivity contribution >= 4 is 27.8 Å². The fourth-order valence-electron chi connectivity index (χ4n) is 2.30. The van der Waals surface area contributed by atoms with E-state index in [-0.39, 0.29) is 6.04 Å². The molecule has 3 nitrogen and oxygen atoms in total. The van der Waals surface area contributed by atoms with Gasteiger partial charge in [0.05, 0.1) is 6.04 Å². The van der Waals surface area contributed by atoms with Crippen molar-refractivity contribution < 1.29 is 0 Å². The fourth-order valence-corrected chi connectivity index (χ4v) is 3.93. The van der Waals surface area contributed by atoms with E-state index in [0.717, 1.165) is 16.6 Å². The van der Waals surface area contributed by atoms with Crippen LogP contribution in [-0.2, 0) is 6.42 Å². The van der Waals surface area contributed by atoms with E-state index in [1.807, 2.05) is 6.92 Å². The minimum Gasteiger partial charge on any atom is -0.352 e. The molecule has 21 heavy (non-hydrogen) atoms. The highest BCUT2D eigenvalue weighted by Crippen LogP contribution is 2.30. The van der Waals surface area contributed by atoms with Gasteiger partial charge in [-0.1, -0.05) is 41.7 Å². The van der Waals surface area contributed by atoms with E-state index in [4.69, 9.17) is 0 Å². The zero-order chi connectivity index (χ0) is 14.7. The molecule has 3 rings (SSSR count). The summed E-state index contributed by atoms with van der Waals surface area (Å²) in [6.45, 7) is 4.14. The zero-order valence-electron chi connectivity index (χ0n) is 12.0. The average Bonchev–Trinajstić information content (AvgIpc) is 3.08. The van der Waals surface area contributed by atoms with Crippen LogP contribution in [0.15, 0.2) is 41.8 Å². The van der Waals surface area contributed by atoms with Crippen molar-refractivity contribution in [2.24, 2.45) is 0 Å². The van der Waals surface area contributed by atoms with Gasteiger partial charge in [0.2, 0.25) is 5.13 Å². The predicted molar refractivity (Wildman–Crippen MR) is 90.2 cm³/mol. The van der Waals surface area contributed by atoms with Gasteiger partial charge in [-0.05, 0) is 42.8 Å². The number of aromatic nitrogens is 2. The molecule has 1 atom stereocenters. The van der Waals surface area contributed by atoms with Crippen molar-refractivity contribution in [2.75, 3.05) is 5.32 Å². The lowest BCUT2D eigenvalue weighted by Crippen LogP contribution is -2.13. The van der Waals surface area contributed by atoms with Gasteiger partial charge < -0.3 is 5.32 Å². The minimum atomic E-state index is 0.236. The summed E-state index contributed by atoms with van der Waals surface area (Å²) in [5, 5.41) is 15.9. The molecule has 0 aliphatic heterocycles. The normalized spacial score (nSPS) is 12.3. The highest BCUT2D eigenvalue weighted by molar-refractivity contribution is 7.15. The standard InChI is InChI=1S/C16H17N3S2/c1-11-8-9-20-15(11)14(10-13-6-4-3-5-7-13)17-16-19-18-12(2)21-16/h3-9,14H,10H2,1-2H3,(H,17,19). The van der Waals surface area contributed by atoms with Gasteiger partial charge in [-0.25, -0.2) is 0 Å². The fraction of sp³-hybridized carbons (Fsp3) is 0.250. The van der Waals surface area contributed by atoms with Crippen molar-refractivity contribution in [1.29, 1.82) is 0 Å². The summed E-state index contributed by atoms with van der Waals surface area (Å²) in [7, 11) is 0. The van der Waals surface area contributed by atoms with Crippen molar-refractivity contribution in [2.45, 2.75) is 26.3 Å². The van der Waals surface area contributed by atoms with Crippen molar-refractivity contribution in [3.8, 4) is 0 Å². The summed E-state index contributed by atoms with van der Waals surface area (Å²) in [6.07, 6.45) is 0.945. The van der Waals surface area contributed by atoms with E-state index < -0.39 is 0 Å². The second kappa shape index (κ2) is 6.37. The van der Waals surface area contributed by atoms with Crippen LogP contribution in [0.2, 0.25) is 0 Å². The number of rotatable bonds is 5. The topological polar surface area (TPSA) is 37.8 Å². The quantitative estimate of drug-likeness (QED) is 0.747. The lowest BCUT2D eigenvalue weighted by Gasteiger charge is -2.18. The third-order valence-electron chi connectivity index (χ3n) is 3.32. The Labute approximate surface area is 132 Å². The van der Waals surface area contributed by atoms with Gasteiger partial charge in [0.25, 0.3) is 0 Å². The molecule has 0 saturated heterocycles. The number of nitrogens with one attached hydrogen (secondary N) is 1. The Bertz CT molecular complexity index is 703. The molecule has 0 bridgehead atoms. The summed E-state index contributed by atoms with van der Waals surface area (Å²) in [6, 6.07) is 13.0. The minimum absolute atomic E-state index is 0.236. The van der Waals surface area contributed by atoms with Gasteiger partial charge in [0, 0.05) is 4.88 Å². The van der Waals surface area contributed by atoms with E-state index in [1.54, 1.807) is 22.7 Å². The largest absolute Gasteiger partial charge is 0.352 e. The molecule has 0 saturated carbocycles. The number of benzene rings is 1. The number of nitrogens with zero attached hydrogens (tertiary/aromatic N) is 2. The number of thiophene rings is 1. The summed E-state index contributed by atoms with van der Waals surface area (Å²) in [5.41, 5.74) is 2.65. The molecule has 0 radical (unpaired) electrons. The Morgan fingerprint density at radius 1 is 1.10 bits per heavy atom. The van der Waals surface area contributed by atoms with Gasteiger partial charge in [-0.2, -0.15) is 0 Å². The summed E-state index contributed by atoms with van der Waals surface area (Å²) in [4.78, 5) is 1.37. The van der Waals surface area contributed by atoms with E-state index in [2.05, 4.69) is 64.2 Å². The first-order chi connectivity index (χ1) is 10.2. The molecule has 3 aromatic rings. The summed E-state index contributed by atoms with van der Waals surface area (Å²) < 4.78 is 0. The van der Waals surface area contributed by atoms with Crippen LogP contribution < -0.4 is 5.32 Å². The summed E-state index contributed by atoms with van der Waals surface area (Å²) >= 11 is 3.40. The number of anilines is 1. The van der Waals surface area contributed by atoms with E-state index >= 15 is 0 Å². The van der Waals surface area contributed by atoms with Crippen LogP contribution in [0, 0.1) is 13.8 Å². The zero-order valence-corrected chi connectivity index (χ0v) is 13.7. The smallest absolute Gasteiger partial charge is 0.206 e. The molecule has 1 unspecified atom stereocenters. The first-order valence-electron chi connectivity index (χ1n) is 6.87. The molecular weight excluding hydrogens is 298 g/mol. The van der Waals surface area contributed by atoms with Crippen LogP contribution in [0.3, 0.4) is 0 Å². The first kappa shape index (κ1) is 14.2. The third kappa shape index (κ3) is 3.49. The molecule has 5 heteroatoms. The molecule has 1 N–H and O–H groups in total. The number of aryl methyl sites for hydroxylation is 2. The van der Waals surface area contributed by atoms with Crippen LogP contribution in [-0.4, -0.2) is 10.2 Å². The molecule has 0 aliphatic carbocycles. The van der Waals surface area contributed by atoms with Crippen molar-refractivity contribution in [1.82, 2.24) is 10.2 Å². The van der Waals surface area contributed by atoms with Gasteiger partial charge in [-0.15, -0.1) is 21.5 Å². The Hall–Kier alpha value is -1.72. The SMILES string of the molecule is Cc1nnc(NC(Cc2ccccc2)c2sccc2C)s1. The van der Waals surface area contributed by atoms with Crippen LogP contribution in [0.25, 0.3) is 0 Å². The molecular formula is C16H17N3S2. The van der Waals surface area contributed by atoms with Crippen LogP contribution in [0.1, 0.15) is 27.1 Å². The Balaban J connectivity index is 1.86. The predicted octanol–water partition coefficient (Wildman–Crippen LogP) is 4.61. The maximum atomic E-state index is 4.20. The van der Waals surface area contributed by atoms with Gasteiger partial charge in [0.15, 0.2) is 0 Å².